The van der Waals surface area contributed by atoms with E-state index in [2.05, 4.69) is 23.7 Å². The average Bonchev–Trinajstić information content (AvgIpc) is 2.90. The first kappa shape index (κ1) is 29.8. The van der Waals surface area contributed by atoms with Crippen molar-refractivity contribution in [2.45, 2.75) is 59.0 Å². The fraction of sp³-hybridized carbons (Fsp3) is 0.333. The van der Waals surface area contributed by atoms with Gasteiger partial charge in [-0.3, -0.25) is 4.79 Å². The molecule has 0 bridgehead atoms. The lowest BCUT2D eigenvalue weighted by Gasteiger charge is -2.10. The summed E-state index contributed by atoms with van der Waals surface area (Å²) in [5.41, 5.74) is 1.27. The van der Waals surface area contributed by atoms with Crippen molar-refractivity contribution in [3.63, 3.8) is 0 Å². The van der Waals surface area contributed by atoms with Crippen molar-refractivity contribution < 1.29 is 38.1 Å². The highest BCUT2D eigenvalue weighted by molar-refractivity contribution is 5.96. The van der Waals surface area contributed by atoms with Crippen LogP contribution in [0.1, 0.15) is 76.1 Å². The van der Waals surface area contributed by atoms with Gasteiger partial charge in [-0.2, -0.15) is 0 Å². The van der Waals surface area contributed by atoms with Gasteiger partial charge in [0.15, 0.2) is 24.1 Å². The Kier molecular flexibility index (Phi) is 11.3. The second-order valence-corrected chi connectivity index (χ2v) is 8.31. The summed E-state index contributed by atoms with van der Waals surface area (Å²) in [6.07, 6.45) is -2.44. The Hall–Kier alpha value is -4.40. The van der Waals surface area contributed by atoms with Crippen molar-refractivity contribution in [1.82, 2.24) is 0 Å². The maximum Gasteiger partial charge on any atom is 0.339 e. The first-order valence-electron chi connectivity index (χ1n) is 11.9. The number of ether oxygens (including phenoxy) is 4. The van der Waals surface area contributed by atoms with E-state index in [1.165, 1.54) is 50.4 Å². The third-order valence-corrected chi connectivity index (χ3v) is 5.07. The van der Waals surface area contributed by atoms with Crippen molar-refractivity contribution in [2.24, 2.45) is 0 Å². The van der Waals surface area contributed by atoms with E-state index in [-0.39, 0.29) is 23.0 Å². The topological polar surface area (TPSA) is 105 Å². The summed E-state index contributed by atoms with van der Waals surface area (Å²) < 4.78 is 20.9. The van der Waals surface area contributed by atoms with Crippen molar-refractivity contribution in [2.75, 3.05) is 7.11 Å². The lowest BCUT2D eigenvalue weighted by molar-refractivity contribution is 0.0412. The second-order valence-electron chi connectivity index (χ2n) is 8.31. The van der Waals surface area contributed by atoms with Crippen LogP contribution < -0.4 is 0 Å². The van der Waals surface area contributed by atoms with Crippen LogP contribution in [-0.2, 0) is 18.9 Å². The third-order valence-electron chi connectivity index (χ3n) is 5.07. The van der Waals surface area contributed by atoms with Crippen LogP contribution in [0.2, 0.25) is 0 Å². The van der Waals surface area contributed by atoms with Gasteiger partial charge >= 0.3 is 17.9 Å². The van der Waals surface area contributed by atoms with Crippen LogP contribution in [0.15, 0.2) is 48.5 Å². The van der Waals surface area contributed by atoms with E-state index >= 15 is 0 Å². The molecule has 2 aromatic rings. The van der Waals surface area contributed by atoms with Crippen molar-refractivity contribution in [3.05, 3.63) is 70.8 Å². The summed E-state index contributed by atoms with van der Waals surface area (Å²) in [6, 6.07) is 11.9. The molecule has 8 heteroatoms. The molecule has 0 amide bonds. The predicted molar refractivity (Wildman–Crippen MR) is 140 cm³/mol. The number of Topliss-reactive ketones (excluding diaryl/α,β-unsaturated/α-hetero) is 1. The molecule has 0 saturated carbocycles. The summed E-state index contributed by atoms with van der Waals surface area (Å²) >= 11 is 0. The number of hydrogen-bond donors (Lipinski definition) is 0. The summed E-state index contributed by atoms with van der Waals surface area (Å²) in [6.45, 7) is 8.04. The minimum Gasteiger partial charge on any atom is -0.446 e. The Bertz CT molecular complexity index is 1270. The molecule has 0 heterocycles. The average molecular weight is 519 g/mol. The molecule has 38 heavy (non-hydrogen) atoms. The Labute approximate surface area is 222 Å². The first-order chi connectivity index (χ1) is 18.0. The van der Waals surface area contributed by atoms with Gasteiger partial charge in [0.2, 0.25) is 0 Å². The highest BCUT2D eigenvalue weighted by Gasteiger charge is 2.15. The molecule has 0 aromatic heterocycles. The molecular weight excluding hydrogens is 488 g/mol. The zero-order valence-electron chi connectivity index (χ0n) is 22.2. The SMILES string of the molecule is COC(C)C#CC(C)OC(=O)c1ccc(C(=O)OC(C)C#CC(C)OC(=O)c2ccc(C(C)=O)cc2)cc1. The molecule has 198 valence electrons. The van der Waals surface area contributed by atoms with E-state index in [1.54, 1.807) is 39.8 Å². The summed E-state index contributed by atoms with van der Waals surface area (Å²) in [4.78, 5) is 48.3. The van der Waals surface area contributed by atoms with Crippen LogP contribution >= 0.6 is 0 Å². The number of carbonyl (C=O) groups excluding carboxylic acids is 4. The van der Waals surface area contributed by atoms with Crippen LogP contribution in [0.5, 0.6) is 0 Å². The van der Waals surface area contributed by atoms with E-state index in [4.69, 9.17) is 18.9 Å². The van der Waals surface area contributed by atoms with Crippen LogP contribution in [0.4, 0.5) is 0 Å². The van der Waals surface area contributed by atoms with Gasteiger partial charge < -0.3 is 18.9 Å². The molecule has 0 spiro atoms. The van der Waals surface area contributed by atoms with E-state index in [1.807, 2.05) is 0 Å². The van der Waals surface area contributed by atoms with Crippen molar-refractivity contribution in [1.29, 1.82) is 0 Å². The summed E-state index contributed by atoms with van der Waals surface area (Å²) in [7, 11) is 1.54. The largest absolute Gasteiger partial charge is 0.446 e. The Morgan fingerprint density at radius 1 is 0.526 bits per heavy atom. The van der Waals surface area contributed by atoms with Gasteiger partial charge in [0.25, 0.3) is 0 Å². The maximum absolute atomic E-state index is 12.4. The third kappa shape index (κ3) is 9.57. The predicted octanol–water partition coefficient (Wildman–Crippen LogP) is 4.27. The molecule has 0 radical (unpaired) electrons. The zero-order chi connectivity index (χ0) is 28.2. The van der Waals surface area contributed by atoms with E-state index in [9.17, 15) is 19.2 Å². The van der Waals surface area contributed by atoms with Crippen LogP contribution in [0.3, 0.4) is 0 Å². The van der Waals surface area contributed by atoms with Crippen molar-refractivity contribution in [3.8, 4) is 23.7 Å². The monoisotopic (exact) mass is 518 g/mol. The minimum atomic E-state index is -0.781. The van der Waals surface area contributed by atoms with Crippen LogP contribution in [0, 0.1) is 23.7 Å². The number of rotatable bonds is 8. The highest BCUT2D eigenvalue weighted by atomic mass is 16.6. The molecule has 0 fully saturated rings. The Morgan fingerprint density at radius 2 is 0.789 bits per heavy atom. The number of benzene rings is 2. The van der Waals surface area contributed by atoms with Gasteiger partial charge in [0, 0.05) is 12.7 Å². The zero-order valence-corrected chi connectivity index (χ0v) is 22.2. The standard InChI is InChI=1S/C30H30O8/c1-19(35-6)7-8-20(2)36-29(33)26-15-17-27(18-16-26)30(34)38-22(4)10-9-21(3)37-28(32)25-13-11-24(12-14-25)23(5)31/h11-22H,1-6H3. The van der Waals surface area contributed by atoms with Crippen molar-refractivity contribution >= 4 is 23.7 Å². The normalized spacial score (nSPS) is 13.2. The molecule has 8 nitrogen and oxygen atoms in total. The Balaban J connectivity index is 1.88. The van der Waals surface area contributed by atoms with Gasteiger partial charge in [0.05, 0.1) is 16.7 Å². The highest BCUT2D eigenvalue weighted by Crippen LogP contribution is 2.11. The summed E-state index contributed by atoms with van der Waals surface area (Å²) in [5.74, 6) is 9.16. The van der Waals surface area contributed by atoms with Gasteiger partial charge in [0.1, 0.15) is 6.10 Å². The van der Waals surface area contributed by atoms with E-state index in [0.717, 1.165) is 0 Å². The maximum atomic E-state index is 12.4. The number of esters is 3. The molecule has 2 aromatic carbocycles. The van der Waals surface area contributed by atoms with Gasteiger partial charge in [-0.15, -0.1) is 0 Å². The molecule has 4 atom stereocenters. The van der Waals surface area contributed by atoms with E-state index in [0.29, 0.717) is 11.1 Å². The fourth-order valence-electron chi connectivity index (χ4n) is 2.89. The van der Waals surface area contributed by atoms with Gasteiger partial charge in [-0.05, 0) is 71.0 Å². The molecular formula is C30H30O8. The molecule has 2 rings (SSSR count). The van der Waals surface area contributed by atoms with Gasteiger partial charge in [-0.25, -0.2) is 14.4 Å². The van der Waals surface area contributed by atoms with Crippen LogP contribution in [-0.4, -0.2) is 55.2 Å². The first-order valence-corrected chi connectivity index (χ1v) is 11.9. The minimum absolute atomic E-state index is 0.102. The molecule has 0 aliphatic heterocycles. The lowest BCUT2D eigenvalue weighted by Crippen LogP contribution is -2.17. The Morgan fingerprint density at radius 3 is 1.05 bits per heavy atom. The second kappa shape index (κ2) is 14.4. The fourth-order valence-corrected chi connectivity index (χ4v) is 2.89. The number of ketones is 1. The molecule has 0 saturated heterocycles. The molecule has 0 aliphatic carbocycles. The van der Waals surface area contributed by atoms with E-state index < -0.39 is 36.2 Å². The van der Waals surface area contributed by atoms with Gasteiger partial charge in [-0.1, -0.05) is 35.8 Å². The quantitative estimate of drug-likeness (QED) is 0.221. The number of carbonyl (C=O) groups is 4. The molecule has 4 unspecified atom stereocenters. The number of methoxy groups -OCH3 is 1. The number of hydrogen-bond acceptors (Lipinski definition) is 8. The molecule has 0 N–H and O–H groups in total. The lowest BCUT2D eigenvalue weighted by atomic mass is 10.1. The van der Waals surface area contributed by atoms with Crippen LogP contribution in [0.25, 0.3) is 0 Å². The molecule has 0 aliphatic rings. The smallest absolute Gasteiger partial charge is 0.339 e. The summed E-state index contributed by atoms with van der Waals surface area (Å²) in [5, 5.41) is 0.